The van der Waals surface area contributed by atoms with Gasteiger partial charge in [0.15, 0.2) is 0 Å². The zero-order chi connectivity index (χ0) is 18.0. The Morgan fingerprint density at radius 3 is 2.68 bits per heavy atom. The van der Waals surface area contributed by atoms with Gasteiger partial charge in [0.2, 0.25) is 5.28 Å². The third-order valence-corrected chi connectivity index (χ3v) is 4.90. The molecule has 1 aromatic heterocycles. The van der Waals surface area contributed by atoms with Gasteiger partial charge in [-0.3, -0.25) is 0 Å². The molecule has 1 fully saturated rings. The number of nitrogens with zero attached hydrogens (tertiary/aromatic N) is 3. The summed E-state index contributed by atoms with van der Waals surface area (Å²) < 4.78 is 5.29. The van der Waals surface area contributed by atoms with E-state index in [1.807, 2.05) is 20.8 Å². The van der Waals surface area contributed by atoms with Gasteiger partial charge in [-0.05, 0) is 70.4 Å². The molecule has 0 unspecified atom stereocenters. The van der Waals surface area contributed by atoms with E-state index in [1.54, 1.807) is 0 Å². The van der Waals surface area contributed by atoms with Crippen LogP contribution in [0.4, 0.5) is 10.6 Å². The van der Waals surface area contributed by atoms with Crippen LogP contribution in [0.5, 0.6) is 0 Å². The van der Waals surface area contributed by atoms with Crippen molar-refractivity contribution in [3.05, 3.63) is 16.5 Å². The Bertz CT molecular complexity index is 637. The maximum absolute atomic E-state index is 11.8. The molecule has 1 saturated heterocycles. The number of anilines is 1. The maximum Gasteiger partial charge on any atom is 0.407 e. The van der Waals surface area contributed by atoms with Crippen LogP contribution >= 0.6 is 11.6 Å². The van der Waals surface area contributed by atoms with Gasteiger partial charge < -0.3 is 15.0 Å². The molecule has 1 aromatic rings. The van der Waals surface area contributed by atoms with Crippen molar-refractivity contribution in [3.63, 3.8) is 0 Å². The van der Waals surface area contributed by atoms with E-state index in [2.05, 4.69) is 20.2 Å². The third-order valence-electron chi connectivity index (χ3n) is 4.73. The molecule has 0 atom stereocenters. The van der Waals surface area contributed by atoms with Crippen molar-refractivity contribution in [2.24, 2.45) is 5.92 Å². The summed E-state index contributed by atoms with van der Waals surface area (Å²) in [7, 11) is 0. The number of halogens is 1. The molecule has 3 rings (SSSR count). The molecule has 138 valence electrons. The minimum Gasteiger partial charge on any atom is -0.444 e. The average molecular weight is 367 g/mol. The molecule has 0 aromatic carbocycles. The first-order chi connectivity index (χ1) is 11.8. The topological polar surface area (TPSA) is 67.3 Å². The Kier molecular flexibility index (Phi) is 5.37. The fourth-order valence-corrected chi connectivity index (χ4v) is 3.72. The SMILES string of the molecule is CC(C)(C)OC(=O)NCC1CCN(c2nc(Cl)nc3c2CCC3)CC1. The standard InChI is InChI=1S/C18H27ClN4O2/c1-18(2,3)25-17(24)20-11-12-7-9-23(10-8-12)15-13-5-4-6-14(13)21-16(19)22-15/h12H,4-11H2,1-3H3,(H,20,24). The Morgan fingerprint density at radius 2 is 2.00 bits per heavy atom. The molecule has 0 spiro atoms. The smallest absolute Gasteiger partial charge is 0.407 e. The molecule has 0 saturated carbocycles. The quantitative estimate of drug-likeness (QED) is 0.831. The van der Waals surface area contributed by atoms with Crippen molar-refractivity contribution in [2.75, 3.05) is 24.5 Å². The maximum atomic E-state index is 11.8. The summed E-state index contributed by atoms with van der Waals surface area (Å²) in [4.78, 5) is 23.0. The molecule has 6 nitrogen and oxygen atoms in total. The van der Waals surface area contributed by atoms with Crippen LogP contribution < -0.4 is 10.2 Å². The second-order valence-electron chi connectivity index (χ2n) is 7.91. The van der Waals surface area contributed by atoms with Crippen molar-refractivity contribution in [1.82, 2.24) is 15.3 Å². The number of nitrogens with one attached hydrogen (secondary N) is 1. The van der Waals surface area contributed by atoms with Crippen LogP contribution in [0.25, 0.3) is 0 Å². The van der Waals surface area contributed by atoms with Gasteiger partial charge in [0.05, 0.1) is 5.69 Å². The van der Waals surface area contributed by atoms with Gasteiger partial charge in [-0.15, -0.1) is 0 Å². The van der Waals surface area contributed by atoms with Gasteiger partial charge in [0.25, 0.3) is 0 Å². The molecular formula is C18H27ClN4O2. The van der Waals surface area contributed by atoms with Gasteiger partial charge in [0.1, 0.15) is 11.4 Å². The molecule has 7 heteroatoms. The molecule has 1 N–H and O–H groups in total. The number of alkyl carbamates (subject to hydrolysis) is 1. The van der Waals surface area contributed by atoms with Gasteiger partial charge in [-0.2, -0.15) is 0 Å². The lowest BCUT2D eigenvalue weighted by Crippen LogP contribution is -2.40. The van der Waals surface area contributed by atoms with Crippen LogP contribution in [0.3, 0.4) is 0 Å². The summed E-state index contributed by atoms with van der Waals surface area (Å²) in [5.41, 5.74) is 1.93. The number of rotatable bonds is 3. The predicted octanol–water partition coefficient (Wildman–Crippen LogP) is 3.36. The molecule has 1 aliphatic heterocycles. The lowest BCUT2D eigenvalue weighted by molar-refractivity contribution is 0.0517. The van der Waals surface area contributed by atoms with Crippen molar-refractivity contribution in [1.29, 1.82) is 0 Å². The highest BCUT2D eigenvalue weighted by Gasteiger charge is 2.26. The number of hydrogen-bond donors (Lipinski definition) is 1. The number of amides is 1. The van der Waals surface area contributed by atoms with Gasteiger partial charge in [0, 0.05) is 25.2 Å². The molecule has 0 radical (unpaired) electrons. The van der Waals surface area contributed by atoms with Crippen LogP contribution in [0, 0.1) is 5.92 Å². The fourth-order valence-electron chi connectivity index (χ4n) is 3.54. The summed E-state index contributed by atoms with van der Waals surface area (Å²) in [6.07, 6.45) is 4.88. The molecule has 0 bridgehead atoms. The van der Waals surface area contributed by atoms with Crippen LogP contribution in [-0.4, -0.2) is 41.3 Å². The molecule has 2 aliphatic rings. The first-order valence-corrected chi connectivity index (χ1v) is 9.47. The predicted molar refractivity (Wildman–Crippen MR) is 98.2 cm³/mol. The van der Waals surface area contributed by atoms with Crippen LogP contribution in [0.2, 0.25) is 5.28 Å². The van der Waals surface area contributed by atoms with E-state index >= 15 is 0 Å². The zero-order valence-electron chi connectivity index (χ0n) is 15.3. The Labute approximate surface area is 154 Å². The second-order valence-corrected chi connectivity index (χ2v) is 8.25. The molecule has 25 heavy (non-hydrogen) atoms. The minimum absolute atomic E-state index is 0.338. The lowest BCUT2D eigenvalue weighted by atomic mass is 9.96. The fraction of sp³-hybridized carbons (Fsp3) is 0.722. The van der Waals surface area contributed by atoms with E-state index in [-0.39, 0.29) is 6.09 Å². The largest absolute Gasteiger partial charge is 0.444 e. The lowest BCUT2D eigenvalue weighted by Gasteiger charge is -2.34. The van der Waals surface area contributed by atoms with Crippen molar-refractivity contribution >= 4 is 23.5 Å². The highest BCUT2D eigenvalue weighted by atomic mass is 35.5. The first kappa shape index (κ1) is 18.2. The number of aromatic nitrogens is 2. The first-order valence-electron chi connectivity index (χ1n) is 9.09. The molecule has 1 amide bonds. The Balaban J connectivity index is 1.52. The van der Waals surface area contributed by atoms with Crippen molar-refractivity contribution in [2.45, 2.75) is 58.5 Å². The van der Waals surface area contributed by atoms with E-state index < -0.39 is 5.60 Å². The normalized spacial score (nSPS) is 18.2. The zero-order valence-corrected chi connectivity index (χ0v) is 16.0. The highest BCUT2D eigenvalue weighted by molar-refractivity contribution is 6.28. The summed E-state index contributed by atoms with van der Waals surface area (Å²) in [5.74, 6) is 1.49. The molecular weight excluding hydrogens is 340 g/mol. The summed E-state index contributed by atoms with van der Waals surface area (Å²) in [5, 5.41) is 3.24. The van der Waals surface area contributed by atoms with E-state index in [1.165, 1.54) is 5.56 Å². The number of ether oxygens (including phenoxy) is 1. The number of carbonyl (C=O) groups is 1. The van der Waals surface area contributed by atoms with Crippen LogP contribution in [0.15, 0.2) is 0 Å². The number of piperidine rings is 1. The van der Waals surface area contributed by atoms with Gasteiger partial charge in [-0.1, -0.05) is 0 Å². The van der Waals surface area contributed by atoms with Crippen LogP contribution in [0.1, 0.15) is 51.3 Å². The molecule has 2 heterocycles. The van der Waals surface area contributed by atoms with E-state index in [9.17, 15) is 4.79 Å². The van der Waals surface area contributed by atoms with E-state index in [4.69, 9.17) is 16.3 Å². The highest BCUT2D eigenvalue weighted by Crippen LogP contribution is 2.32. The Morgan fingerprint density at radius 1 is 1.28 bits per heavy atom. The Hall–Kier alpha value is -1.56. The summed E-state index contributed by atoms with van der Waals surface area (Å²) in [6.45, 7) is 8.13. The second kappa shape index (κ2) is 7.36. The molecule has 1 aliphatic carbocycles. The number of fused-ring (bicyclic) bond motifs is 1. The number of aryl methyl sites for hydroxylation is 1. The average Bonchev–Trinajstić information content (AvgIpc) is 2.99. The van der Waals surface area contributed by atoms with Crippen molar-refractivity contribution < 1.29 is 9.53 Å². The number of carbonyl (C=O) groups excluding carboxylic acids is 1. The van der Waals surface area contributed by atoms with Crippen molar-refractivity contribution in [3.8, 4) is 0 Å². The van der Waals surface area contributed by atoms with E-state index in [0.29, 0.717) is 17.7 Å². The van der Waals surface area contributed by atoms with E-state index in [0.717, 1.165) is 56.7 Å². The van der Waals surface area contributed by atoms with Gasteiger partial charge in [-0.25, -0.2) is 14.8 Å². The number of hydrogen-bond acceptors (Lipinski definition) is 5. The minimum atomic E-state index is -0.458. The summed E-state index contributed by atoms with van der Waals surface area (Å²) >= 11 is 6.10. The third kappa shape index (κ3) is 4.75. The summed E-state index contributed by atoms with van der Waals surface area (Å²) in [6, 6.07) is 0. The monoisotopic (exact) mass is 366 g/mol. The van der Waals surface area contributed by atoms with Gasteiger partial charge >= 0.3 is 6.09 Å². The van der Waals surface area contributed by atoms with Crippen LogP contribution in [-0.2, 0) is 17.6 Å².